The number of anilines is 1. The van der Waals surface area contributed by atoms with Gasteiger partial charge < -0.3 is 5.73 Å². The van der Waals surface area contributed by atoms with Gasteiger partial charge in [0.15, 0.2) is 5.82 Å². The average Bonchev–Trinajstić information content (AvgIpc) is 2.64. The van der Waals surface area contributed by atoms with Crippen molar-refractivity contribution >= 4 is 15.7 Å². The Morgan fingerprint density at radius 3 is 2.67 bits per heavy atom. The predicted molar refractivity (Wildman–Crippen MR) is 55.8 cm³/mol. The van der Waals surface area contributed by atoms with E-state index in [1.807, 2.05) is 0 Å². The van der Waals surface area contributed by atoms with Crippen LogP contribution in [0, 0.1) is 5.41 Å². The van der Waals surface area contributed by atoms with E-state index in [1.165, 1.54) is 6.26 Å². The Morgan fingerprint density at radius 2 is 2.27 bits per heavy atom. The maximum Gasteiger partial charge on any atom is 0.165 e. The van der Waals surface area contributed by atoms with Crippen LogP contribution in [0.2, 0.25) is 0 Å². The lowest BCUT2D eigenvalue weighted by atomic mass is 10.1. The van der Waals surface area contributed by atoms with Gasteiger partial charge in [0.1, 0.15) is 9.84 Å². The largest absolute Gasteiger partial charge is 0.381 e. The van der Waals surface area contributed by atoms with E-state index in [-0.39, 0.29) is 11.2 Å². The highest BCUT2D eigenvalue weighted by Crippen LogP contribution is 2.47. The Bertz CT molecular complexity index is 461. The SMILES string of the molecule is CS(=O)(=O)CC1(Cn2cc(N)nn2)CC1. The fourth-order valence-corrected chi connectivity index (χ4v) is 3.31. The third kappa shape index (κ3) is 2.68. The summed E-state index contributed by atoms with van der Waals surface area (Å²) in [6.45, 7) is 0.588. The first kappa shape index (κ1) is 10.4. The van der Waals surface area contributed by atoms with E-state index in [0.29, 0.717) is 12.4 Å². The van der Waals surface area contributed by atoms with Gasteiger partial charge in [0.25, 0.3) is 0 Å². The molecule has 6 nitrogen and oxygen atoms in total. The second-order valence-electron chi connectivity index (χ2n) is 4.41. The number of nitrogens with two attached hydrogens (primary N) is 1. The Kier molecular flexibility index (Phi) is 2.22. The van der Waals surface area contributed by atoms with Crippen LogP contribution in [0.25, 0.3) is 0 Å². The molecule has 1 heterocycles. The molecule has 0 aromatic carbocycles. The van der Waals surface area contributed by atoms with Gasteiger partial charge in [-0.1, -0.05) is 5.21 Å². The van der Waals surface area contributed by atoms with Crippen molar-refractivity contribution in [2.24, 2.45) is 5.41 Å². The molecule has 0 spiro atoms. The topological polar surface area (TPSA) is 90.9 Å². The smallest absolute Gasteiger partial charge is 0.165 e. The van der Waals surface area contributed by atoms with Crippen LogP contribution in [0.5, 0.6) is 0 Å². The predicted octanol–water partition coefficient (Wildman–Crippen LogP) is -0.315. The minimum Gasteiger partial charge on any atom is -0.381 e. The molecule has 2 rings (SSSR count). The van der Waals surface area contributed by atoms with Crippen molar-refractivity contribution in [2.45, 2.75) is 19.4 Å². The lowest BCUT2D eigenvalue weighted by Gasteiger charge is -2.12. The summed E-state index contributed by atoms with van der Waals surface area (Å²) in [5.74, 6) is 0.588. The Morgan fingerprint density at radius 1 is 1.60 bits per heavy atom. The highest BCUT2D eigenvalue weighted by molar-refractivity contribution is 7.90. The lowest BCUT2D eigenvalue weighted by Crippen LogP contribution is -2.21. The van der Waals surface area contributed by atoms with Crippen LogP contribution in [0.3, 0.4) is 0 Å². The molecule has 0 unspecified atom stereocenters. The van der Waals surface area contributed by atoms with Gasteiger partial charge in [-0.25, -0.2) is 13.1 Å². The number of hydrogen-bond donors (Lipinski definition) is 1. The Hall–Kier alpha value is -1.11. The van der Waals surface area contributed by atoms with E-state index in [2.05, 4.69) is 10.3 Å². The van der Waals surface area contributed by atoms with Gasteiger partial charge in [0.05, 0.1) is 11.9 Å². The number of aromatic nitrogens is 3. The van der Waals surface area contributed by atoms with Crippen LogP contribution in [0.1, 0.15) is 12.8 Å². The number of nitrogens with zero attached hydrogens (tertiary/aromatic N) is 3. The molecule has 0 atom stereocenters. The molecule has 7 heteroatoms. The fraction of sp³-hybridized carbons (Fsp3) is 0.750. The molecule has 0 radical (unpaired) electrons. The van der Waals surface area contributed by atoms with E-state index in [1.54, 1.807) is 10.9 Å². The minimum atomic E-state index is -2.93. The van der Waals surface area contributed by atoms with Crippen molar-refractivity contribution in [1.82, 2.24) is 15.0 Å². The molecule has 15 heavy (non-hydrogen) atoms. The quantitative estimate of drug-likeness (QED) is 0.765. The summed E-state index contributed by atoms with van der Waals surface area (Å²) < 4.78 is 24.0. The number of hydrogen-bond acceptors (Lipinski definition) is 5. The highest BCUT2D eigenvalue weighted by Gasteiger charge is 2.45. The van der Waals surface area contributed by atoms with E-state index < -0.39 is 9.84 Å². The molecule has 1 aromatic heterocycles. The van der Waals surface area contributed by atoms with Gasteiger partial charge in [-0.15, -0.1) is 5.10 Å². The van der Waals surface area contributed by atoms with Gasteiger partial charge in [0, 0.05) is 18.2 Å². The summed E-state index contributed by atoms with van der Waals surface area (Å²) in [6.07, 6.45) is 4.75. The monoisotopic (exact) mass is 230 g/mol. The molecule has 0 bridgehead atoms. The zero-order chi connectivity index (χ0) is 11.1. The third-order valence-electron chi connectivity index (χ3n) is 2.58. The molecule has 0 amide bonds. The van der Waals surface area contributed by atoms with Crippen molar-refractivity contribution in [2.75, 3.05) is 17.7 Å². The minimum absolute atomic E-state index is 0.131. The molecule has 2 N–H and O–H groups in total. The second-order valence-corrected chi connectivity index (χ2v) is 6.55. The van der Waals surface area contributed by atoms with Crippen LogP contribution >= 0.6 is 0 Å². The zero-order valence-electron chi connectivity index (χ0n) is 8.55. The first-order valence-electron chi connectivity index (χ1n) is 4.72. The summed E-state index contributed by atoms with van der Waals surface area (Å²) >= 11 is 0. The van der Waals surface area contributed by atoms with Crippen molar-refractivity contribution in [3.63, 3.8) is 0 Å². The molecule has 1 aliphatic carbocycles. The number of rotatable bonds is 4. The summed E-state index contributed by atoms with van der Waals surface area (Å²) in [6, 6.07) is 0. The van der Waals surface area contributed by atoms with E-state index in [4.69, 9.17) is 5.73 Å². The number of nitrogen functional groups attached to an aromatic ring is 1. The van der Waals surface area contributed by atoms with Crippen molar-refractivity contribution in [3.05, 3.63) is 6.20 Å². The number of sulfone groups is 1. The van der Waals surface area contributed by atoms with Crippen molar-refractivity contribution in [3.8, 4) is 0 Å². The van der Waals surface area contributed by atoms with Gasteiger partial charge in [-0.05, 0) is 12.8 Å². The molecule has 1 aliphatic rings. The molecule has 1 saturated carbocycles. The first-order chi connectivity index (χ1) is 6.89. The average molecular weight is 230 g/mol. The van der Waals surface area contributed by atoms with Crippen LogP contribution in [-0.2, 0) is 16.4 Å². The van der Waals surface area contributed by atoms with E-state index >= 15 is 0 Å². The van der Waals surface area contributed by atoms with Gasteiger partial charge in [-0.2, -0.15) is 0 Å². The first-order valence-corrected chi connectivity index (χ1v) is 6.78. The zero-order valence-corrected chi connectivity index (χ0v) is 9.37. The maximum atomic E-state index is 11.2. The fourth-order valence-electron chi connectivity index (χ4n) is 1.82. The molecular weight excluding hydrogens is 216 g/mol. The van der Waals surface area contributed by atoms with Gasteiger partial charge in [-0.3, -0.25) is 0 Å². The van der Waals surface area contributed by atoms with Crippen LogP contribution in [0.4, 0.5) is 5.82 Å². The van der Waals surface area contributed by atoms with Crippen LogP contribution in [0.15, 0.2) is 6.20 Å². The molecule has 1 fully saturated rings. The lowest BCUT2D eigenvalue weighted by molar-refractivity contribution is 0.423. The summed E-state index contributed by atoms with van der Waals surface area (Å²) in [7, 11) is -2.93. The Labute approximate surface area is 88.4 Å². The van der Waals surface area contributed by atoms with Crippen LogP contribution < -0.4 is 5.73 Å². The molecule has 0 saturated heterocycles. The second kappa shape index (κ2) is 3.19. The Balaban J connectivity index is 2.06. The summed E-state index contributed by atoms with van der Waals surface area (Å²) in [5.41, 5.74) is 5.30. The van der Waals surface area contributed by atoms with Gasteiger partial charge in [0.2, 0.25) is 0 Å². The molecule has 84 valence electrons. The van der Waals surface area contributed by atoms with E-state index in [9.17, 15) is 8.42 Å². The summed E-state index contributed by atoms with van der Waals surface area (Å²) in [4.78, 5) is 0. The normalized spacial score (nSPS) is 19.0. The van der Waals surface area contributed by atoms with Crippen LogP contribution in [-0.4, -0.2) is 35.4 Å². The maximum absolute atomic E-state index is 11.2. The summed E-state index contributed by atoms with van der Waals surface area (Å²) in [5, 5.41) is 7.48. The van der Waals surface area contributed by atoms with Crippen molar-refractivity contribution in [1.29, 1.82) is 0 Å². The van der Waals surface area contributed by atoms with Gasteiger partial charge >= 0.3 is 0 Å². The standard InChI is InChI=1S/C8H14N4O2S/c1-15(13,14)6-8(2-3-8)5-12-4-7(9)10-11-12/h4H,2-3,5-6,9H2,1H3. The van der Waals surface area contributed by atoms with E-state index in [0.717, 1.165) is 12.8 Å². The molecular formula is C8H14N4O2S. The van der Waals surface area contributed by atoms with Crippen molar-refractivity contribution < 1.29 is 8.42 Å². The molecule has 0 aliphatic heterocycles. The molecule has 1 aromatic rings. The highest BCUT2D eigenvalue weighted by atomic mass is 32.2. The third-order valence-corrected chi connectivity index (χ3v) is 3.72.